The largest absolute Gasteiger partial charge is 0.493 e. The van der Waals surface area contributed by atoms with E-state index in [1.807, 2.05) is 36.4 Å². The van der Waals surface area contributed by atoms with E-state index in [9.17, 15) is 0 Å². The molecule has 0 atom stereocenters. The third-order valence-electron chi connectivity index (χ3n) is 2.96. The first-order chi connectivity index (χ1) is 9.78. The van der Waals surface area contributed by atoms with E-state index in [1.165, 1.54) is 0 Å². The fourth-order valence-electron chi connectivity index (χ4n) is 1.99. The number of nitriles is 1. The van der Waals surface area contributed by atoms with Crippen LogP contribution in [-0.4, -0.2) is 14.2 Å². The van der Waals surface area contributed by atoms with Gasteiger partial charge < -0.3 is 14.8 Å². The van der Waals surface area contributed by atoms with Crippen LogP contribution in [0.3, 0.4) is 0 Å². The Labute approximate surface area is 118 Å². The standard InChI is InChI=1S/C16H16N2O2/c1-19-15-8-4-6-13(16(15)20-2)11-18-14-7-3-5-12(9-14)10-17/h3-9,18H,11H2,1-2H3. The van der Waals surface area contributed by atoms with Gasteiger partial charge in [-0.2, -0.15) is 5.26 Å². The first-order valence-corrected chi connectivity index (χ1v) is 6.22. The Morgan fingerprint density at radius 2 is 1.90 bits per heavy atom. The van der Waals surface area contributed by atoms with E-state index >= 15 is 0 Å². The molecule has 0 saturated heterocycles. The second-order valence-electron chi connectivity index (χ2n) is 4.20. The fraction of sp³-hybridized carbons (Fsp3) is 0.188. The highest BCUT2D eigenvalue weighted by Crippen LogP contribution is 2.31. The molecule has 20 heavy (non-hydrogen) atoms. The molecular weight excluding hydrogens is 252 g/mol. The minimum absolute atomic E-state index is 0.593. The first-order valence-electron chi connectivity index (χ1n) is 6.22. The van der Waals surface area contributed by atoms with E-state index in [2.05, 4.69) is 11.4 Å². The van der Waals surface area contributed by atoms with Gasteiger partial charge in [-0.25, -0.2) is 0 Å². The van der Waals surface area contributed by atoms with Crippen molar-refractivity contribution in [1.29, 1.82) is 5.26 Å². The van der Waals surface area contributed by atoms with E-state index in [0.717, 1.165) is 17.0 Å². The molecule has 2 aromatic rings. The van der Waals surface area contributed by atoms with Gasteiger partial charge in [-0.3, -0.25) is 0 Å². The molecule has 0 radical (unpaired) electrons. The lowest BCUT2D eigenvalue weighted by Crippen LogP contribution is -2.03. The Kier molecular flexibility index (Phi) is 4.46. The number of benzene rings is 2. The monoisotopic (exact) mass is 268 g/mol. The lowest BCUT2D eigenvalue weighted by molar-refractivity contribution is 0.352. The Bertz CT molecular complexity index is 633. The molecule has 0 aliphatic heterocycles. The molecule has 1 N–H and O–H groups in total. The minimum Gasteiger partial charge on any atom is -0.493 e. The smallest absolute Gasteiger partial charge is 0.165 e. The second kappa shape index (κ2) is 6.48. The molecule has 0 heterocycles. The summed E-state index contributed by atoms with van der Waals surface area (Å²) >= 11 is 0. The van der Waals surface area contributed by atoms with Gasteiger partial charge in [-0.05, 0) is 24.3 Å². The van der Waals surface area contributed by atoms with Gasteiger partial charge in [0.15, 0.2) is 11.5 Å². The van der Waals surface area contributed by atoms with Crippen molar-refractivity contribution in [3.05, 3.63) is 53.6 Å². The molecule has 0 aromatic heterocycles. The lowest BCUT2D eigenvalue weighted by Gasteiger charge is -2.13. The van der Waals surface area contributed by atoms with Gasteiger partial charge in [0.05, 0.1) is 25.9 Å². The summed E-state index contributed by atoms with van der Waals surface area (Å²) in [6, 6.07) is 15.2. The summed E-state index contributed by atoms with van der Waals surface area (Å²) in [7, 11) is 3.24. The number of hydrogen-bond donors (Lipinski definition) is 1. The van der Waals surface area contributed by atoms with Gasteiger partial charge in [0.25, 0.3) is 0 Å². The minimum atomic E-state index is 0.593. The van der Waals surface area contributed by atoms with E-state index in [0.29, 0.717) is 17.9 Å². The zero-order valence-corrected chi connectivity index (χ0v) is 11.5. The topological polar surface area (TPSA) is 54.3 Å². The number of ether oxygens (including phenoxy) is 2. The van der Waals surface area contributed by atoms with Crippen molar-refractivity contribution >= 4 is 5.69 Å². The number of rotatable bonds is 5. The molecule has 0 unspecified atom stereocenters. The Morgan fingerprint density at radius 1 is 1.10 bits per heavy atom. The highest BCUT2D eigenvalue weighted by Gasteiger charge is 2.08. The molecule has 0 aliphatic carbocycles. The van der Waals surface area contributed by atoms with Gasteiger partial charge in [0.2, 0.25) is 0 Å². The molecule has 0 bridgehead atoms. The van der Waals surface area contributed by atoms with Crippen molar-refractivity contribution in [2.45, 2.75) is 6.54 Å². The quantitative estimate of drug-likeness (QED) is 0.904. The van der Waals surface area contributed by atoms with Crippen LogP contribution in [0.25, 0.3) is 0 Å². The van der Waals surface area contributed by atoms with E-state index in [4.69, 9.17) is 14.7 Å². The van der Waals surface area contributed by atoms with Crippen LogP contribution in [0, 0.1) is 11.3 Å². The molecule has 4 heteroatoms. The van der Waals surface area contributed by atoms with E-state index in [1.54, 1.807) is 20.3 Å². The normalized spacial score (nSPS) is 9.65. The van der Waals surface area contributed by atoms with E-state index in [-0.39, 0.29) is 0 Å². The summed E-state index contributed by atoms with van der Waals surface area (Å²) in [5.74, 6) is 1.43. The van der Waals surface area contributed by atoms with Crippen LogP contribution in [-0.2, 0) is 6.54 Å². The van der Waals surface area contributed by atoms with Crippen molar-refractivity contribution < 1.29 is 9.47 Å². The number of methoxy groups -OCH3 is 2. The summed E-state index contributed by atoms with van der Waals surface area (Å²) in [5.41, 5.74) is 2.52. The lowest BCUT2D eigenvalue weighted by atomic mass is 10.1. The van der Waals surface area contributed by atoms with Gasteiger partial charge in [-0.1, -0.05) is 18.2 Å². The SMILES string of the molecule is COc1cccc(CNc2cccc(C#N)c2)c1OC. The maximum Gasteiger partial charge on any atom is 0.165 e. The summed E-state index contributed by atoms with van der Waals surface area (Å²) < 4.78 is 10.7. The van der Waals surface area contributed by atoms with Crippen molar-refractivity contribution in [2.24, 2.45) is 0 Å². The van der Waals surface area contributed by atoms with Crippen LogP contribution >= 0.6 is 0 Å². The fourth-order valence-corrected chi connectivity index (χ4v) is 1.99. The van der Waals surface area contributed by atoms with Crippen LogP contribution < -0.4 is 14.8 Å². The maximum atomic E-state index is 8.88. The molecule has 2 aromatic carbocycles. The van der Waals surface area contributed by atoms with Crippen LogP contribution in [0.15, 0.2) is 42.5 Å². The average molecular weight is 268 g/mol. The number of nitrogens with one attached hydrogen (secondary N) is 1. The van der Waals surface area contributed by atoms with Gasteiger partial charge in [0.1, 0.15) is 0 Å². The molecule has 0 spiro atoms. The average Bonchev–Trinajstić information content (AvgIpc) is 2.52. The second-order valence-corrected chi connectivity index (χ2v) is 4.20. The number of nitrogens with zero attached hydrogens (tertiary/aromatic N) is 1. The van der Waals surface area contributed by atoms with E-state index < -0.39 is 0 Å². The highest BCUT2D eigenvalue weighted by atomic mass is 16.5. The van der Waals surface area contributed by atoms with Crippen LogP contribution in [0.5, 0.6) is 11.5 Å². The van der Waals surface area contributed by atoms with Gasteiger partial charge >= 0.3 is 0 Å². The predicted octanol–water partition coefficient (Wildman–Crippen LogP) is 3.19. The van der Waals surface area contributed by atoms with Crippen molar-refractivity contribution in [1.82, 2.24) is 0 Å². The molecule has 0 amide bonds. The van der Waals surface area contributed by atoms with Gasteiger partial charge in [-0.15, -0.1) is 0 Å². The highest BCUT2D eigenvalue weighted by molar-refractivity contribution is 5.52. The predicted molar refractivity (Wildman–Crippen MR) is 78.0 cm³/mol. The summed E-state index contributed by atoms with van der Waals surface area (Å²) in [6.07, 6.45) is 0. The molecule has 0 fully saturated rings. The Morgan fingerprint density at radius 3 is 2.60 bits per heavy atom. The molecular formula is C16H16N2O2. The third-order valence-corrected chi connectivity index (χ3v) is 2.96. The molecule has 4 nitrogen and oxygen atoms in total. The zero-order valence-electron chi connectivity index (χ0n) is 11.5. The zero-order chi connectivity index (χ0) is 14.4. The summed E-state index contributed by atoms with van der Waals surface area (Å²) in [5, 5.41) is 12.2. The van der Waals surface area contributed by atoms with Crippen molar-refractivity contribution in [2.75, 3.05) is 19.5 Å². The number of hydrogen-bond acceptors (Lipinski definition) is 4. The van der Waals surface area contributed by atoms with Gasteiger partial charge in [0, 0.05) is 17.8 Å². The Hall–Kier alpha value is -2.67. The molecule has 102 valence electrons. The molecule has 0 aliphatic rings. The number of anilines is 1. The third kappa shape index (κ3) is 3.01. The van der Waals surface area contributed by atoms with Crippen molar-refractivity contribution in [3.63, 3.8) is 0 Å². The summed E-state index contributed by atoms with van der Waals surface area (Å²) in [6.45, 7) is 0.593. The van der Waals surface area contributed by atoms with Crippen LogP contribution in [0.2, 0.25) is 0 Å². The molecule has 0 saturated carbocycles. The van der Waals surface area contributed by atoms with Crippen LogP contribution in [0.4, 0.5) is 5.69 Å². The maximum absolute atomic E-state index is 8.88. The van der Waals surface area contributed by atoms with Crippen LogP contribution in [0.1, 0.15) is 11.1 Å². The first kappa shape index (κ1) is 13.8. The molecule has 2 rings (SSSR count). The number of para-hydroxylation sites is 1. The Balaban J connectivity index is 2.16. The summed E-state index contributed by atoms with van der Waals surface area (Å²) in [4.78, 5) is 0. The van der Waals surface area contributed by atoms with Crippen molar-refractivity contribution in [3.8, 4) is 17.6 Å².